The first-order valence-corrected chi connectivity index (χ1v) is 12.2. The molecule has 0 bridgehead atoms. The van der Waals surface area contributed by atoms with Gasteiger partial charge >= 0.3 is 5.97 Å². The predicted molar refractivity (Wildman–Crippen MR) is 134 cm³/mol. The zero-order valence-electron chi connectivity index (χ0n) is 18.3. The molecule has 3 aromatic rings. The summed E-state index contributed by atoms with van der Waals surface area (Å²) in [7, 11) is 0. The van der Waals surface area contributed by atoms with Crippen molar-refractivity contribution in [3.63, 3.8) is 0 Å². The molecule has 0 spiro atoms. The number of ketones is 1. The highest BCUT2D eigenvalue weighted by atomic mass is 32.1. The second-order valence-corrected chi connectivity index (χ2v) is 9.33. The third-order valence-corrected chi connectivity index (χ3v) is 7.48. The monoisotopic (exact) mass is 490 g/mol. The Bertz CT molecular complexity index is 1270. The quantitative estimate of drug-likeness (QED) is 0.307. The molecule has 5 rings (SSSR count). The number of anilines is 1. The maximum absolute atomic E-state index is 13.9. The van der Waals surface area contributed by atoms with Crippen molar-refractivity contribution < 1.29 is 19.1 Å². The largest absolute Gasteiger partial charge is 0.462 e. The summed E-state index contributed by atoms with van der Waals surface area (Å²) in [5.74, 6) is -2.49. The van der Waals surface area contributed by atoms with Gasteiger partial charge < -0.3 is 15.2 Å². The van der Waals surface area contributed by atoms with E-state index >= 15 is 0 Å². The van der Waals surface area contributed by atoms with Crippen LogP contribution in [0.4, 0.5) is 5.69 Å². The first-order chi connectivity index (χ1) is 16.5. The van der Waals surface area contributed by atoms with Crippen LogP contribution in [0.15, 0.2) is 89.6 Å². The average Bonchev–Trinajstić information content (AvgIpc) is 3.54. The number of thiocarbonyl (C=S) groups is 1. The van der Waals surface area contributed by atoms with Gasteiger partial charge in [0.1, 0.15) is 5.57 Å². The molecule has 0 radical (unpaired) electrons. The molecule has 2 N–H and O–H groups in total. The minimum Gasteiger partial charge on any atom is -0.462 e. The molecule has 1 aromatic heterocycles. The highest BCUT2D eigenvalue weighted by Crippen LogP contribution is 2.58. The molecule has 6 nitrogen and oxygen atoms in total. The fraction of sp³-hybridized carbons (Fsp3) is 0.192. The number of nitrogens with zero attached hydrogens (tertiary/aromatic N) is 1. The number of rotatable bonds is 6. The molecular weight excluding hydrogens is 468 g/mol. The Morgan fingerprint density at radius 3 is 2.38 bits per heavy atom. The van der Waals surface area contributed by atoms with E-state index in [0.29, 0.717) is 9.87 Å². The summed E-state index contributed by atoms with van der Waals surface area (Å²) in [6, 6.07) is 22.5. The molecular formula is C26H22N2O4S2. The van der Waals surface area contributed by atoms with Crippen molar-refractivity contribution in [3.8, 4) is 0 Å². The minimum atomic E-state index is -1.32. The summed E-state index contributed by atoms with van der Waals surface area (Å²) in [6.45, 7) is 1.88. The van der Waals surface area contributed by atoms with Crippen LogP contribution in [0, 0.1) is 11.8 Å². The average molecular weight is 491 g/mol. The van der Waals surface area contributed by atoms with Crippen molar-refractivity contribution in [2.75, 3.05) is 11.5 Å². The second-order valence-electron chi connectivity index (χ2n) is 7.97. The number of ether oxygens (including phenoxy) is 2. The van der Waals surface area contributed by atoms with Gasteiger partial charge in [0.2, 0.25) is 5.72 Å². The number of Topliss-reactive ketones (excluding diaryl/α,β-unsaturated/α-hetero) is 1. The fourth-order valence-electron chi connectivity index (χ4n) is 4.87. The second kappa shape index (κ2) is 8.70. The van der Waals surface area contributed by atoms with Crippen LogP contribution in [0.5, 0.6) is 0 Å². The number of fused-ring (bicyclic) bond motifs is 1. The first kappa shape index (κ1) is 22.3. The third-order valence-electron chi connectivity index (χ3n) is 6.16. The lowest BCUT2D eigenvalue weighted by molar-refractivity contribution is -0.139. The number of carbonyl (C=O) groups is 2. The molecule has 3 atom stereocenters. The van der Waals surface area contributed by atoms with Crippen LogP contribution in [-0.2, 0) is 20.0 Å². The lowest BCUT2D eigenvalue weighted by Gasteiger charge is -2.39. The maximum Gasteiger partial charge on any atom is 0.339 e. The molecule has 3 heterocycles. The summed E-state index contributed by atoms with van der Waals surface area (Å²) in [4.78, 5) is 29.8. The lowest BCUT2D eigenvalue weighted by atomic mass is 9.78. The van der Waals surface area contributed by atoms with Crippen LogP contribution in [0.1, 0.15) is 22.2 Å². The molecule has 34 heavy (non-hydrogen) atoms. The van der Waals surface area contributed by atoms with Gasteiger partial charge in [-0.15, -0.1) is 11.3 Å². The van der Waals surface area contributed by atoms with E-state index in [0.717, 1.165) is 11.3 Å². The number of nitrogens with two attached hydrogens (primary N) is 1. The molecule has 0 aliphatic carbocycles. The molecule has 2 aliphatic heterocycles. The van der Waals surface area contributed by atoms with Gasteiger partial charge in [-0.25, -0.2) is 4.79 Å². The molecule has 1 saturated heterocycles. The zero-order valence-corrected chi connectivity index (χ0v) is 20.0. The van der Waals surface area contributed by atoms with Crippen molar-refractivity contribution in [2.45, 2.75) is 12.6 Å². The van der Waals surface area contributed by atoms with Crippen molar-refractivity contribution in [1.82, 2.24) is 0 Å². The number of carbonyl (C=O) groups excluding carboxylic acids is 2. The Morgan fingerprint density at radius 2 is 1.76 bits per heavy atom. The van der Waals surface area contributed by atoms with Gasteiger partial charge in [-0.2, -0.15) is 0 Å². The van der Waals surface area contributed by atoms with E-state index in [1.807, 2.05) is 77.0 Å². The van der Waals surface area contributed by atoms with Crippen LogP contribution in [0.3, 0.4) is 0 Å². The smallest absolute Gasteiger partial charge is 0.339 e. The summed E-state index contributed by atoms with van der Waals surface area (Å²) >= 11 is 7.31. The summed E-state index contributed by atoms with van der Waals surface area (Å²) in [5.41, 5.74) is 6.66. The molecule has 2 aliphatic rings. The summed E-state index contributed by atoms with van der Waals surface area (Å²) in [5, 5.41) is 1.84. The Kier molecular flexibility index (Phi) is 5.71. The fourth-order valence-corrected chi connectivity index (χ4v) is 6.06. The van der Waals surface area contributed by atoms with Gasteiger partial charge in [-0.1, -0.05) is 66.8 Å². The highest BCUT2D eigenvalue weighted by molar-refractivity contribution is 7.80. The Hall–Kier alpha value is -3.49. The highest BCUT2D eigenvalue weighted by Gasteiger charge is 2.68. The molecule has 172 valence electrons. The first-order valence-electron chi connectivity index (χ1n) is 10.9. The van der Waals surface area contributed by atoms with Crippen molar-refractivity contribution >= 4 is 46.0 Å². The molecule has 0 saturated carbocycles. The van der Waals surface area contributed by atoms with E-state index in [1.54, 1.807) is 13.0 Å². The van der Waals surface area contributed by atoms with E-state index in [9.17, 15) is 9.59 Å². The van der Waals surface area contributed by atoms with E-state index in [1.165, 1.54) is 11.3 Å². The van der Waals surface area contributed by atoms with Gasteiger partial charge in [0.05, 0.1) is 28.3 Å². The van der Waals surface area contributed by atoms with E-state index < -0.39 is 23.5 Å². The third kappa shape index (κ3) is 3.25. The molecule has 2 aromatic carbocycles. The predicted octanol–water partition coefficient (Wildman–Crippen LogP) is 4.63. The van der Waals surface area contributed by atoms with E-state index in [2.05, 4.69) is 0 Å². The normalized spacial score (nSPS) is 23.6. The van der Waals surface area contributed by atoms with Crippen LogP contribution in [-0.4, -0.2) is 23.3 Å². The Labute approximate surface area is 206 Å². The van der Waals surface area contributed by atoms with E-state index in [4.69, 9.17) is 27.4 Å². The van der Waals surface area contributed by atoms with Crippen molar-refractivity contribution in [2.24, 2.45) is 17.6 Å². The van der Waals surface area contributed by atoms with Gasteiger partial charge in [0.25, 0.3) is 0 Å². The molecule has 1 fully saturated rings. The Balaban J connectivity index is 1.78. The number of benzene rings is 2. The van der Waals surface area contributed by atoms with Crippen LogP contribution in [0.25, 0.3) is 0 Å². The topological polar surface area (TPSA) is 81.9 Å². The van der Waals surface area contributed by atoms with Crippen LogP contribution < -0.4 is 10.6 Å². The van der Waals surface area contributed by atoms with E-state index in [-0.39, 0.29) is 23.8 Å². The van der Waals surface area contributed by atoms with Crippen LogP contribution >= 0.6 is 23.6 Å². The SMILES string of the molecule is CCOC(=O)C1=C(N)O[C@@]2(c3ccccc3)[C@@H]1[C@H](C(=O)c1cccs1)C(=S)N2c1ccccc1. The van der Waals surface area contributed by atoms with Crippen LogP contribution in [0.2, 0.25) is 0 Å². The van der Waals surface area contributed by atoms with Gasteiger partial charge in [-0.3, -0.25) is 9.69 Å². The number of para-hydroxylation sites is 1. The van der Waals surface area contributed by atoms with Gasteiger partial charge in [0, 0.05) is 11.3 Å². The molecule has 0 unspecified atom stereocenters. The summed E-state index contributed by atoms with van der Waals surface area (Å²) < 4.78 is 11.8. The van der Waals surface area contributed by atoms with Crippen molar-refractivity contribution in [1.29, 1.82) is 0 Å². The number of thiophene rings is 1. The van der Waals surface area contributed by atoms with Crippen molar-refractivity contribution in [3.05, 3.63) is 100 Å². The number of hydrogen-bond acceptors (Lipinski definition) is 7. The minimum absolute atomic E-state index is 0.0558. The standard InChI is InChI=1S/C26H22N2O4S2/c1-2-31-25(30)20-21-19(22(29)18-14-9-15-34-18)24(33)28(17-12-7-4-8-13-17)26(21,32-23(20)27)16-10-5-3-6-11-16/h3-15,19,21H,2,27H2,1H3/t19-,21-,26+/m1/s1. The maximum atomic E-state index is 13.9. The van der Waals surface area contributed by atoms with Gasteiger partial charge in [-0.05, 0) is 30.5 Å². The number of esters is 1. The lowest BCUT2D eigenvalue weighted by Crippen LogP contribution is -2.47. The molecule has 8 heteroatoms. The Morgan fingerprint density at radius 1 is 1.09 bits per heavy atom. The van der Waals surface area contributed by atoms with Gasteiger partial charge in [0.15, 0.2) is 11.7 Å². The summed E-state index contributed by atoms with van der Waals surface area (Å²) in [6.07, 6.45) is 0. The number of hydrogen-bond donors (Lipinski definition) is 1. The molecule has 0 amide bonds. The zero-order chi connectivity index (χ0) is 23.9.